The third-order valence-corrected chi connectivity index (χ3v) is 2.58. The smallest absolute Gasteiger partial charge is 0.158 e. The number of nitrogens with zero attached hydrogens (tertiary/aromatic N) is 3. The molecule has 5 nitrogen and oxygen atoms in total. The molecule has 1 aliphatic rings. The van der Waals surface area contributed by atoms with E-state index in [0.717, 1.165) is 32.1 Å². The van der Waals surface area contributed by atoms with Crippen molar-refractivity contribution in [3.63, 3.8) is 0 Å². The highest BCUT2D eigenvalue weighted by Crippen LogP contribution is 2.18. The van der Waals surface area contributed by atoms with Gasteiger partial charge in [0.25, 0.3) is 0 Å². The van der Waals surface area contributed by atoms with Crippen LogP contribution in [0.25, 0.3) is 0 Å². The first kappa shape index (κ1) is 10.3. The monoisotopic (exact) mass is 208 g/mol. The highest BCUT2D eigenvalue weighted by molar-refractivity contribution is 5.30. The largest absolute Gasteiger partial charge is 0.396 e. The normalized spacial score (nSPS) is 22.9. The van der Waals surface area contributed by atoms with Crippen molar-refractivity contribution >= 4 is 5.69 Å². The molecule has 1 atom stereocenters. The highest BCUT2D eigenvalue weighted by Gasteiger charge is 2.22. The van der Waals surface area contributed by atoms with Crippen molar-refractivity contribution in [3.05, 3.63) is 18.2 Å². The van der Waals surface area contributed by atoms with Gasteiger partial charge in [0.1, 0.15) is 6.10 Å². The lowest BCUT2D eigenvalue weighted by Crippen LogP contribution is -2.38. The van der Waals surface area contributed by atoms with E-state index in [1.165, 1.54) is 0 Å². The van der Waals surface area contributed by atoms with Crippen LogP contribution in [0.4, 0.5) is 5.69 Å². The highest BCUT2D eigenvalue weighted by atomic mass is 16.5. The van der Waals surface area contributed by atoms with E-state index in [1.54, 1.807) is 12.4 Å². The van der Waals surface area contributed by atoms with Gasteiger partial charge in [-0.3, -0.25) is 4.90 Å². The van der Waals surface area contributed by atoms with Crippen LogP contribution in [0.2, 0.25) is 0 Å². The molecule has 1 aromatic heterocycles. The van der Waals surface area contributed by atoms with Crippen LogP contribution in [0.15, 0.2) is 12.4 Å². The molecule has 2 heterocycles. The Morgan fingerprint density at radius 2 is 2.27 bits per heavy atom. The molecule has 1 unspecified atom stereocenters. The lowest BCUT2D eigenvalue weighted by molar-refractivity contribution is -0.0325. The van der Waals surface area contributed by atoms with Crippen molar-refractivity contribution in [2.45, 2.75) is 13.0 Å². The molecule has 0 aliphatic carbocycles. The molecule has 1 saturated heterocycles. The van der Waals surface area contributed by atoms with Crippen molar-refractivity contribution in [1.82, 2.24) is 14.9 Å². The van der Waals surface area contributed by atoms with Crippen LogP contribution >= 0.6 is 0 Å². The molecule has 1 aromatic rings. The van der Waals surface area contributed by atoms with Crippen LogP contribution in [0.5, 0.6) is 0 Å². The molecule has 0 saturated carbocycles. The maximum atomic E-state index is 5.63. The average molecular weight is 208 g/mol. The Morgan fingerprint density at radius 3 is 2.93 bits per heavy atom. The standard InChI is InChI=1S/C10H16N4O/c1-2-14-3-4-15-9(7-14)10-12-5-8(11)6-13-10/h5-6,9H,2-4,7,11H2,1H3. The predicted molar refractivity (Wildman–Crippen MR) is 57.3 cm³/mol. The van der Waals surface area contributed by atoms with E-state index in [0.29, 0.717) is 5.69 Å². The first-order valence-electron chi connectivity index (χ1n) is 5.21. The number of nitrogens with two attached hydrogens (primary N) is 1. The molecule has 1 fully saturated rings. The van der Waals surface area contributed by atoms with Gasteiger partial charge in [0.15, 0.2) is 5.82 Å². The second kappa shape index (κ2) is 4.55. The summed E-state index contributed by atoms with van der Waals surface area (Å²) < 4.78 is 5.63. The fourth-order valence-corrected chi connectivity index (χ4v) is 1.66. The zero-order valence-corrected chi connectivity index (χ0v) is 8.89. The average Bonchev–Trinajstić information content (AvgIpc) is 2.30. The number of nitrogen functional groups attached to an aromatic ring is 1. The van der Waals surface area contributed by atoms with Crippen LogP contribution < -0.4 is 5.73 Å². The molecule has 0 aromatic carbocycles. The maximum absolute atomic E-state index is 5.63. The van der Waals surface area contributed by atoms with E-state index in [2.05, 4.69) is 21.8 Å². The van der Waals surface area contributed by atoms with Crippen LogP contribution in [-0.4, -0.2) is 41.1 Å². The summed E-state index contributed by atoms with van der Waals surface area (Å²) in [5, 5.41) is 0. The lowest BCUT2D eigenvalue weighted by atomic mass is 10.2. The van der Waals surface area contributed by atoms with Crippen LogP contribution in [0.1, 0.15) is 18.9 Å². The summed E-state index contributed by atoms with van der Waals surface area (Å²) in [5.74, 6) is 0.724. The third-order valence-electron chi connectivity index (χ3n) is 2.58. The Kier molecular flexibility index (Phi) is 3.13. The zero-order valence-electron chi connectivity index (χ0n) is 8.89. The molecular formula is C10H16N4O. The van der Waals surface area contributed by atoms with Crippen molar-refractivity contribution < 1.29 is 4.74 Å². The summed E-state index contributed by atoms with van der Waals surface area (Å²) >= 11 is 0. The molecular weight excluding hydrogens is 192 g/mol. The van der Waals surface area contributed by atoms with Crippen molar-refractivity contribution in [1.29, 1.82) is 0 Å². The first-order valence-corrected chi connectivity index (χ1v) is 5.21. The number of rotatable bonds is 2. The number of hydrogen-bond donors (Lipinski definition) is 1. The quantitative estimate of drug-likeness (QED) is 0.764. The lowest BCUT2D eigenvalue weighted by Gasteiger charge is -2.31. The van der Waals surface area contributed by atoms with Gasteiger partial charge in [-0.05, 0) is 6.54 Å². The van der Waals surface area contributed by atoms with E-state index in [4.69, 9.17) is 10.5 Å². The van der Waals surface area contributed by atoms with E-state index in [1.807, 2.05) is 0 Å². The molecule has 82 valence electrons. The van der Waals surface area contributed by atoms with Crippen molar-refractivity contribution in [2.24, 2.45) is 0 Å². The molecule has 0 amide bonds. The fourth-order valence-electron chi connectivity index (χ4n) is 1.66. The van der Waals surface area contributed by atoms with Crippen LogP contribution in [-0.2, 0) is 4.74 Å². The first-order chi connectivity index (χ1) is 7.29. The van der Waals surface area contributed by atoms with Gasteiger partial charge in [-0.2, -0.15) is 0 Å². The van der Waals surface area contributed by atoms with Crippen molar-refractivity contribution in [2.75, 3.05) is 32.0 Å². The number of anilines is 1. The minimum atomic E-state index is -0.0145. The molecule has 0 spiro atoms. The number of ether oxygens (including phenoxy) is 1. The molecule has 2 rings (SSSR count). The van der Waals surface area contributed by atoms with E-state index >= 15 is 0 Å². The third kappa shape index (κ3) is 2.43. The van der Waals surface area contributed by atoms with E-state index in [-0.39, 0.29) is 6.10 Å². The van der Waals surface area contributed by atoms with Gasteiger partial charge in [0.05, 0.1) is 24.7 Å². The summed E-state index contributed by atoms with van der Waals surface area (Å²) in [7, 11) is 0. The predicted octanol–water partition coefficient (Wildman–Crippen LogP) is 0.452. The van der Waals surface area contributed by atoms with Gasteiger partial charge in [-0.15, -0.1) is 0 Å². The topological polar surface area (TPSA) is 64.3 Å². The van der Waals surface area contributed by atoms with Crippen molar-refractivity contribution in [3.8, 4) is 0 Å². The molecule has 5 heteroatoms. The second-order valence-corrected chi connectivity index (χ2v) is 3.63. The summed E-state index contributed by atoms with van der Waals surface area (Å²) in [6.45, 7) is 5.77. The van der Waals surface area contributed by atoms with E-state index in [9.17, 15) is 0 Å². The van der Waals surface area contributed by atoms with Gasteiger partial charge in [0.2, 0.25) is 0 Å². The van der Waals surface area contributed by atoms with Crippen LogP contribution in [0, 0.1) is 0 Å². The SMILES string of the molecule is CCN1CCOC(c2ncc(N)cn2)C1. The Balaban J connectivity index is 2.06. The fraction of sp³-hybridized carbons (Fsp3) is 0.600. The Bertz CT molecular complexity index is 314. The number of aromatic nitrogens is 2. The minimum absolute atomic E-state index is 0.0145. The molecule has 2 N–H and O–H groups in total. The molecule has 15 heavy (non-hydrogen) atoms. The summed E-state index contributed by atoms with van der Waals surface area (Å²) in [4.78, 5) is 10.7. The van der Waals surface area contributed by atoms with Gasteiger partial charge in [-0.25, -0.2) is 9.97 Å². The summed E-state index contributed by atoms with van der Waals surface area (Å²) in [6.07, 6.45) is 3.23. The second-order valence-electron chi connectivity index (χ2n) is 3.63. The zero-order chi connectivity index (χ0) is 10.7. The Morgan fingerprint density at radius 1 is 1.53 bits per heavy atom. The van der Waals surface area contributed by atoms with E-state index < -0.39 is 0 Å². The molecule has 0 bridgehead atoms. The summed E-state index contributed by atoms with van der Waals surface area (Å²) in [5.41, 5.74) is 6.12. The molecule has 0 radical (unpaired) electrons. The van der Waals surface area contributed by atoms with Gasteiger partial charge in [-0.1, -0.05) is 6.92 Å². The number of likely N-dealkylation sites (N-methyl/N-ethyl adjacent to an activating group) is 1. The van der Waals surface area contributed by atoms with Gasteiger partial charge < -0.3 is 10.5 Å². The molecule has 1 aliphatic heterocycles. The van der Waals surface area contributed by atoms with Gasteiger partial charge >= 0.3 is 0 Å². The summed E-state index contributed by atoms with van der Waals surface area (Å²) in [6, 6.07) is 0. The van der Waals surface area contributed by atoms with Gasteiger partial charge in [0, 0.05) is 13.1 Å². The minimum Gasteiger partial charge on any atom is -0.396 e. The number of morpholine rings is 1. The Hall–Kier alpha value is -1.20. The number of hydrogen-bond acceptors (Lipinski definition) is 5. The Labute approximate surface area is 89.3 Å². The van der Waals surface area contributed by atoms with Crippen LogP contribution in [0.3, 0.4) is 0 Å². The maximum Gasteiger partial charge on any atom is 0.158 e.